The first kappa shape index (κ1) is 46.7. The van der Waals surface area contributed by atoms with Crippen LogP contribution in [0, 0.1) is 41.5 Å². The summed E-state index contributed by atoms with van der Waals surface area (Å²) >= 11 is 0. The summed E-state index contributed by atoms with van der Waals surface area (Å²) in [4.78, 5) is 4.88. The molecule has 0 amide bonds. The summed E-state index contributed by atoms with van der Waals surface area (Å²) in [5.41, 5.74) is 22.3. The third-order valence-corrected chi connectivity index (χ3v) is 15.4. The molecule has 0 fully saturated rings. The van der Waals surface area contributed by atoms with Crippen LogP contribution in [0.15, 0.2) is 182 Å². The average molecular weight is 935 g/mol. The summed E-state index contributed by atoms with van der Waals surface area (Å²) in [6.07, 6.45) is 0. The molecule has 0 atom stereocenters. The second-order valence-corrected chi connectivity index (χ2v) is 22.6. The predicted molar refractivity (Wildman–Crippen MR) is 314 cm³/mol. The molecule has 2 heteroatoms. The number of aryl methyl sites for hydroxylation is 6. The second-order valence-electron chi connectivity index (χ2n) is 22.6. The molecule has 356 valence electrons. The van der Waals surface area contributed by atoms with Crippen molar-refractivity contribution in [3.05, 3.63) is 226 Å². The molecule has 11 aromatic rings. The Labute approximate surface area is 427 Å². The molecular formula is C70H66N2. The van der Waals surface area contributed by atoms with Gasteiger partial charge in [-0.3, -0.25) is 0 Å². The van der Waals surface area contributed by atoms with Crippen molar-refractivity contribution in [2.75, 3.05) is 9.80 Å². The Kier molecular flexibility index (Phi) is 11.4. The van der Waals surface area contributed by atoms with Crippen LogP contribution in [0.4, 0.5) is 34.1 Å². The number of hydrogen-bond acceptors (Lipinski definition) is 2. The molecule has 0 aliphatic heterocycles. The van der Waals surface area contributed by atoms with Gasteiger partial charge in [-0.2, -0.15) is 0 Å². The zero-order chi connectivity index (χ0) is 50.4. The lowest BCUT2D eigenvalue weighted by Crippen LogP contribution is -2.16. The molecule has 0 radical (unpaired) electrons. The van der Waals surface area contributed by atoms with E-state index in [0.29, 0.717) is 0 Å². The Balaban J connectivity index is 0.971. The van der Waals surface area contributed by atoms with E-state index in [0.717, 1.165) is 22.7 Å². The van der Waals surface area contributed by atoms with Crippen molar-refractivity contribution >= 4 is 77.2 Å². The smallest absolute Gasteiger partial charge is 0.0520 e. The van der Waals surface area contributed by atoms with Crippen molar-refractivity contribution in [2.24, 2.45) is 0 Å². The first-order valence-corrected chi connectivity index (χ1v) is 25.7. The Morgan fingerprint density at radius 2 is 0.625 bits per heavy atom. The lowest BCUT2D eigenvalue weighted by Gasteiger charge is -2.31. The molecular weight excluding hydrogens is 869 g/mol. The SMILES string of the molecule is Cc1ccc(N(c2ccc(-c3ccc(N(c4ccc(-c5ccc6c7ccc(C)c8cccc(c9cccc5c96)c87)cc4)c4c(C)cc(C(C)(C)C)cc4C)cc3)cc2)c2c(C)cc(C(C)(C)C)cc2C)cc1. The van der Waals surface area contributed by atoms with Gasteiger partial charge in [0.15, 0.2) is 0 Å². The van der Waals surface area contributed by atoms with E-state index < -0.39 is 0 Å². The Bertz CT molecular complexity index is 3770. The van der Waals surface area contributed by atoms with Gasteiger partial charge in [-0.25, -0.2) is 0 Å². The lowest BCUT2D eigenvalue weighted by atomic mass is 9.84. The summed E-state index contributed by atoms with van der Waals surface area (Å²) in [5.74, 6) is 0. The number of nitrogens with zero attached hydrogens (tertiary/aromatic N) is 2. The van der Waals surface area contributed by atoms with Crippen LogP contribution < -0.4 is 9.80 Å². The fraction of sp³-hybridized carbons (Fsp3) is 0.200. The quantitative estimate of drug-likeness (QED) is 0.111. The molecule has 0 heterocycles. The van der Waals surface area contributed by atoms with Crippen LogP contribution in [-0.4, -0.2) is 0 Å². The maximum Gasteiger partial charge on any atom is 0.0520 e. The first-order valence-electron chi connectivity index (χ1n) is 25.7. The molecule has 0 aliphatic rings. The van der Waals surface area contributed by atoms with Crippen LogP contribution in [0.2, 0.25) is 0 Å². The number of anilines is 6. The van der Waals surface area contributed by atoms with Crippen molar-refractivity contribution in [3.63, 3.8) is 0 Å². The van der Waals surface area contributed by atoms with Gasteiger partial charge in [0.25, 0.3) is 0 Å². The van der Waals surface area contributed by atoms with E-state index in [4.69, 9.17) is 0 Å². The molecule has 0 unspecified atom stereocenters. The molecule has 2 nitrogen and oxygen atoms in total. The van der Waals surface area contributed by atoms with Crippen LogP contribution in [0.3, 0.4) is 0 Å². The van der Waals surface area contributed by atoms with Crippen LogP contribution in [0.5, 0.6) is 0 Å². The molecule has 0 aliphatic carbocycles. The zero-order valence-electron chi connectivity index (χ0n) is 44.2. The maximum absolute atomic E-state index is 2.46. The van der Waals surface area contributed by atoms with Crippen LogP contribution >= 0.6 is 0 Å². The van der Waals surface area contributed by atoms with E-state index in [1.165, 1.54) is 121 Å². The summed E-state index contributed by atoms with van der Waals surface area (Å²) in [7, 11) is 0. The molecule has 0 aromatic heterocycles. The van der Waals surface area contributed by atoms with E-state index in [2.05, 4.69) is 275 Å². The molecule has 0 spiro atoms. The van der Waals surface area contributed by atoms with Gasteiger partial charge in [-0.05, 0) is 205 Å². The minimum atomic E-state index is 0.0373. The van der Waals surface area contributed by atoms with Crippen LogP contribution in [0.1, 0.15) is 86.1 Å². The Morgan fingerprint density at radius 1 is 0.292 bits per heavy atom. The second kappa shape index (κ2) is 17.6. The van der Waals surface area contributed by atoms with Crippen molar-refractivity contribution in [1.29, 1.82) is 0 Å². The number of rotatable bonds is 8. The van der Waals surface area contributed by atoms with Gasteiger partial charge >= 0.3 is 0 Å². The van der Waals surface area contributed by atoms with Gasteiger partial charge in [0.2, 0.25) is 0 Å². The summed E-state index contributed by atoms with van der Waals surface area (Å²) in [6, 6.07) is 68.9. The summed E-state index contributed by atoms with van der Waals surface area (Å²) in [5, 5.41) is 10.6. The highest BCUT2D eigenvalue weighted by Crippen LogP contribution is 2.47. The monoisotopic (exact) mass is 935 g/mol. The standard InChI is InChI=1S/C70H66N2/c1-43-19-28-54(29-20-43)71(67-45(3)39-52(40-46(67)4)69(7,8)9)55-30-22-49(23-31-55)50-24-32-56(33-25-50)72(68-47(5)41-53(42-48(68)6)70(10,11)12)57-34-26-51(27-35-57)59-37-38-64-63-36-21-44(2)58-15-13-17-61(65(58)63)62-18-14-16-60(59)66(62)64/h13-42H,1-12H3. The van der Waals surface area contributed by atoms with Gasteiger partial charge in [0.1, 0.15) is 0 Å². The van der Waals surface area contributed by atoms with Gasteiger partial charge in [0.05, 0.1) is 11.4 Å². The highest BCUT2D eigenvalue weighted by Gasteiger charge is 2.24. The first-order chi connectivity index (χ1) is 34.4. The maximum atomic E-state index is 2.46. The average Bonchev–Trinajstić information content (AvgIpc) is 3.36. The fourth-order valence-corrected chi connectivity index (χ4v) is 11.5. The number of fused-ring (bicyclic) bond motifs is 2. The highest BCUT2D eigenvalue weighted by atomic mass is 15.2. The largest absolute Gasteiger partial charge is 0.310 e. The highest BCUT2D eigenvalue weighted by molar-refractivity contribution is 6.34. The Morgan fingerprint density at radius 3 is 1.04 bits per heavy atom. The van der Waals surface area contributed by atoms with Gasteiger partial charge < -0.3 is 9.80 Å². The van der Waals surface area contributed by atoms with Crippen molar-refractivity contribution in [2.45, 2.75) is 93.9 Å². The van der Waals surface area contributed by atoms with E-state index in [1.807, 2.05) is 0 Å². The topological polar surface area (TPSA) is 6.48 Å². The fourth-order valence-electron chi connectivity index (χ4n) is 11.5. The zero-order valence-corrected chi connectivity index (χ0v) is 44.2. The van der Waals surface area contributed by atoms with Crippen LogP contribution in [0.25, 0.3) is 65.3 Å². The number of hydrogen-bond donors (Lipinski definition) is 0. The van der Waals surface area contributed by atoms with Gasteiger partial charge in [-0.1, -0.05) is 181 Å². The molecule has 0 saturated heterocycles. The molecule has 11 rings (SSSR count). The molecule has 72 heavy (non-hydrogen) atoms. The normalized spacial score (nSPS) is 12.2. The summed E-state index contributed by atoms with van der Waals surface area (Å²) < 4.78 is 0. The third kappa shape index (κ3) is 8.08. The van der Waals surface area contributed by atoms with Gasteiger partial charge in [-0.15, -0.1) is 0 Å². The van der Waals surface area contributed by atoms with E-state index in [1.54, 1.807) is 0 Å². The molecule has 0 saturated carbocycles. The molecule has 0 N–H and O–H groups in total. The van der Waals surface area contributed by atoms with Crippen LogP contribution in [-0.2, 0) is 10.8 Å². The number of benzene rings is 11. The summed E-state index contributed by atoms with van der Waals surface area (Å²) in [6.45, 7) is 27.2. The molecule has 0 bridgehead atoms. The Hall–Kier alpha value is -7.68. The minimum Gasteiger partial charge on any atom is -0.310 e. The predicted octanol–water partition coefficient (Wildman–Crippen LogP) is 20.5. The lowest BCUT2D eigenvalue weighted by molar-refractivity contribution is 0.589. The van der Waals surface area contributed by atoms with E-state index >= 15 is 0 Å². The van der Waals surface area contributed by atoms with Crippen molar-refractivity contribution in [3.8, 4) is 22.3 Å². The van der Waals surface area contributed by atoms with E-state index in [9.17, 15) is 0 Å². The van der Waals surface area contributed by atoms with Crippen molar-refractivity contribution < 1.29 is 0 Å². The third-order valence-electron chi connectivity index (χ3n) is 15.4. The minimum absolute atomic E-state index is 0.0373. The van der Waals surface area contributed by atoms with Gasteiger partial charge in [0, 0.05) is 22.7 Å². The molecule has 11 aromatic carbocycles. The van der Waals surface area contributed by atoms with Crippen molar-refractivity contribution in [1.82, 2.24) is 0 Å². The van der Waals surface area contributed by atoms with E-state index in [-0.39, 0.29) is 10.8 Å².